The zero-order chi connectivity index (χ0) is 13.1. The summed E-state index contributed by atoms with van der Waals surface area (Å²) in [6.07, 6.45) is 8.16. The van der Waals surface area contributed by atoms with E-state index in [1.54, 1.807) is 0 Å². The lowest BCUT2D eigenvalue weighted by molar-refractivity contribution is 0.479. The number of benzene rings is 1. The Kier molecular flexibility index (Phi) is 4.72. The van der Waals surface area contributed by atoms with Gasteiger partial charge in [0.15, 0.2) is 0 Å². The molecule has 1 fully saturated rings. The lowest BCUT2D eigenvalue weighted by Crippen LogP contribution is -2.02. The van der Waals surface area contributed by atoms with Crippen LogP contribution in [0.25, 0.3) is 0 Å². The molecule has 2 rings (SSSR count). The molecule has 0 bridgehead atoms. The molecule has 0 N–H and O–H groups in total. The number of hydrogen-bond donors (Lipinski definition) is 0. The molecule has 1 saturated carbocycles. The number of aryl methyl sites for hydroxylation is 3. The Bertz CT molecular complexity index is 379. The fourth-order valence-corrected chi connectivity index (χ4v) is 3.98. The van der Waals surface area contributed by atoms with Crippen molar-refractivity contribution in [3.8, 4) is 0 Å². The predicted octanol–water partition coefficient (Wildman–Crippen LogP) is 5.86. The van der Waals surface area contributed by atoms with Crippen LogP contribution in [-0.2, 0) is 0 Å². The lowest BCUT2D eigenvalue weighted by Gasteiger charge is -2.18. The molecule has 0 spiro atoms. The van der Waals surface area contributed by atoms with Gasteiger partial charge >= 0.3 is 0 Å². The molecular formula is C17H25Cl. The highest BCUT2D eigenvalue weighted by Gasteiger charge is 2.19. The van der Waals surface area contributed by atoms with Crippen molar-refractivity contribution in [2.45, 2.75) is 64.7 Å². The quantitative estimate of drug-likeness (QED) is 0.597. The standard InChI is InChI=1S/C17H25Cl/c1-12-10-13(2)17(14(3)11-12)16(18)9-8-15-6-4-5-7-15/h10-11,15-16H,4-9H2,1-3H3. The van der Waals surface area contributed by atoms with Crippen LogP contribution in [0.1, 0.15) is 66.2 Å². The van der Waals surface area contributed by atoms with Gasteiger partial charge in [0.1, 0.15) is 0 Å². The molecule has 0 nitrogen and oxygen atoms in total. The van der Waals surface area contributed by atoms with Gasteiger partial charge in [0.25, 0.3) is 0 Å². The summed E-state index contributed by atoms with van der Waals surface area (Å²) in [4.78, 5) is 0. The van der Waals surface area contributed by atoms with E-state index in [-0.39, 0.29) is 5.38 Å². The van der Waals surface area contributed by atoms with Crippen molar-refractivity contribution in [3.05, 3.63) is 34.4 Å². The summed E-state index contributed by atoms with van der Waals surface area (Å²) in [5.74, 6) is 0.942. The Balaban J connectivity index is 2.01. The van der Waals surface area contributed by atoms with Gasteiger partial charge in [-0.3, -0.25) is 0 Å². The third-order valence-electron chi connectivity index (χ3n) is 4.35. The van der Waals surface area contributed by atoms with Gasteiger partial charge in [0, 0.05) is 0 Å². The Morgan fingerprint density at radius 2 is 1.67 bits per heavy atom. The minimum Gasteiger partial charge on any atom is -0.118 e. The largest absolute Gasteiger partial charge is 0.118 e. The van der Waals surface area contributed by atoms with Crippen LogP contribution in [0, 0.1) is 26.7 Å². The van der Waals surface area contributed by atoms with E-state index < -0.39 is 0 Å². The zero-order valence-electron chi connectivity index (χ0n) is 11.9. The lowest BCUT2D eigenvalue weighted by atomic mass is 9.92. The monoisotopic (exact) mass is 264 g/mol. The maximum Gasteiger partial charge on any atom is 0.0590 e. The third kappa shape index (κ3) is 3.29. The highest BCUT2D eigenvalue weighted by molar-refractivity contribution is 6.21. The molecule has 1 aliphatic rings. The maximum atomic E-state index is 6.65. The smallest absolute Gasteiger partial charge is 0.0590 e. The van der Waals surface area contributed by atoms with Crippen LogP contribution < -0.4 is 0 Å². The average molecular weight is 265 g/mol. The minimum absolute atomic E-state index is 0.200. The van der Waals surface area contributed by atoms with E-state index in [0.29, 0.717) is 0 Å². The number of alkyl halides is 1. The van der Waals surface area contributed by atoms with Crippen molar-refractivity contribution in [1.82, 2.24) is 0 Å². The van der Waals surface area contributed by atoms with E-state index in [1.807, 2.05) is 0 Å². The van der Waals surface area contributed by atoms with Gasteiger partial charge in [-0.25, -0.2) is 0 Å². The molecule has 1 atom stereocenters. The fraction of sp³-hybridized carbons (Fsp3) is 0.647. The Hall–Kier alpha value is -0.490. The van der Waals surface area contributed by atoms with E-state index >= 15 is 0 Å². The fourth-order valence-electron chi connectivity index (χ4n) is 3.51. The zero-order valence-corrected chi connectivity index (χ0v) is 12.7. The van der Waals surface area contributed by atoms with Gasteiger partial charge in [0.2, 0.25) is 0 Å². The highest BCUT2D eigenvalue weighted by atomic mass is 35.5. The van der Waals surface area contributed by atoms with Crippen LogP contribution >= 0.6 is 11.6 Å². The molecule has 0 radical (unpaired) electrons. The Labute approximate surface area is 117 Å². The Morgan fingerprint density at radius 1 is 1.11 bits per heavy atom. The maximum absolute atomic E-state index is 6.65. The summed E-state index contributed by atoms with van der Waals surface area (Å²) in [7, 11) is 0. The van der Waals surface area contributed by atoms with E-state index in [4.69, 9.17) is 11.6 Å². The molecule has 1 unspecified atom stereocenters. The van der Waals surface area contributed by atoms with E-state index in [2.05, 4.69) is 32.9 Å². The van der Waals surface area contributed by atoms with E-state index in [1.165, 1.54) is 54.4 Å². The van der Waals surface area contributed by atoms with Crippen molar-refractivity contribution in [3.63, 3.8) is 0 Å². The van der Waals surface area contributed by atoms with Crippen molar-refractivity contribution in [2.75, 3.05) is 0 Å². The van der Waals surface area contributed by atoms with Crippen molar-refractivity contribution < 1.29 is 0 Å². The summed E-state index contributed by atoms with van der Waals surface area (Å²) in [5.41, 5.74) is 5.44. The molecule has 1 aliphatic carbocycles. The molecule has 0 saturated heterocycles. The number of rotatable bonds is 4. The molecule has 1 aromatic carbocycles. The minimum atomic E-state index is 0.200. The summed E-state index contributed by atoms with van der Waals surface area (Å²) in [6, 6.07) is 4.51. The van der Waals surface area contributed by atoms with E-state index in [9.17, 15) is 0 Å². The third-order valence-corrected chi connectivity index (χ3v) is 4.79. The SMILES string of the molecule is Cc1cc(C)c(C(Cl)CCC2CCCC2)c(C)c1. The molecule has 0 heterocycles. The van der Waals surface area contributed by atoms with Gasteiger partial charge in [-0.2, -0.15) is 0 Å². The topological polar surface area (TPSA) is 0 Å². The van der Waals surface area contributed by atoms with Gasteiger partial charge in [-0.15, -0.1) is 11.6 Å². The first-order valence-corrected chi connectivity index (χ1v) is 7.73. The van der Waals surface area contributed by atoms with Crippen LogP contribution in [0.3, 0.4) is 0 Å². The molecule has 100 valence electrons. The molecular weight excluding hydrogens is 240 g/mol. The normalized spacial score (nSPS) is 18.2. The Morgan fingerprint density at radius 3 is 2.22 bits per heavy atom. The molecule has 0 aliphatic heterocycles. The summed E-state index contributed by atoms with van der Waals surface area (Å²) in [5, 5.41) is 0.200. The average Bonchev–Trinajstić information content (AvgIpc) is 2.77. The predicted molar refractivity (Wildman–Crippen MR) is 80.4 cm³/mol. The first kappa shape index (κ1) is 13.9. The van der Waals surface area contributed by atoms with Gasteiger partial charge < -0.3 is 0 Å². The van der Waals surface area contributed by atoms with Crippen LogP contribution in [0.5, 0.6) is 0 Å². The van der Waals surface area contributed by atoms with Gasteiger partial charge in [0.05, 0.1) is 5.38 Å². The molecule has 1 aromatic rings. The second kappa shape index (κ2) is 6.10. The molecule has 18 heavy (non-hydrogen) atoms. The second-order valence-corrected chi connectivity index (χ2v) is 6.53. The van der Waals surface area contributed by atoms with Crippen LogP contribution in [0.4, 0.5) is 0 Å². The van der Waals surface area contributed by atoms with Crippen LogP contribution in [-0.4, -0.2) is 0 Å². The van der Waals surface area contributed by atoms with Crippen molar-refractivity contribution >= 4 is 11.6 Å². The van der Waals surface area contributed by atoms with E-state index in [0.717, 1.165) is 12.3 Å². The highest BCUT2D eigenvalue weighted by Crippen LogP contribution is 2.36. The second-order valence-electron chi connectivity index (χ2n) is 6.01. The first-order chi connectivity index (χ1) is 8.58. The van der Waals surface area contributed by atoms with Crippen LogP contribution in [0.15, 0.2) is 12.1 Å². The summed E-state index contributed by atoms with van der Waals surface area (Å²) >= 11 is 6.65. The molecule has 0 amide bonds. The summed E-state index contributed by atoms with van der Waals surface area (Å²) < 4.78 is 0. The van der Waals surface area contributed by atoms with Crippen molar-refractivity contribution in [1.29, 1.82) is 0 Å². The van der Waals surface area contributed by atoms with Crippen LogP contribution in [0.2, 0.25) is 0 Å². The number of halogens is 1. The van der Waals surface area contributed by atoms with Gasteiger partial charge in [-0.05, 0) is 56.2 Å². The summed E-state index contributed by atoms with van der Waals surface area (Å²) in [6.45, 7) is 6.55. The van der Waals surface area contributed by atoms with Crippen molar-refractivity contribution in [2.24, 2.45) is 5.92 Å². The first-order valence-electron chi connectivity index (χ1n) is 7.29. The molecule has 0 aromatic heterocycles. The van der Waals surface area contributed by atoms with Gasteiger partial charge in [-0.1, -0.05) is 43.4 Å². The molecule has 1 heteroatoms. The number of hydrogen-bond acceptors (Lipinski definition) is 0.